The molecule has 0 amide bonds. The lowest BCUT2D eigenvalue weighted by Crippen LogP contribution is -2.48. The maximum Gasteiger partial charge on any atom is 0.0591 e. The first-order valence-electron chi connectivity index (χ1n) is 6.16. The van der Waals surface area contributed by atoms with Crippen molar-refractivity contribution < 1.29 is 0 Å². The first-order valence-corrected chi connectivity index (χ1v) is 8.03. The third-order valence-corrected chi connectivity index (χ3v) is 5.42. The van der Waals surface area contributed by atoms with Crippen LogP contribution in [0.5, 0.6) is 0 Å². The summed E-state index contributed by atoms with van der Waals surface area (Å²) in [6, 6.07) is 4.91. The minimum Gasteiger partial charge on any atom is -0.326 e. The van der Waals surface area contributed by atoms with Gasteiger partial charge in [-0.1, -0.05) is 6.07 Å². The van der Waals surface area contributed by atoms with Gasteiger partial charge in [-0.15, -0.1) is 11.3 Å². The van der Waals surface area contributed by atoms with E-state index in [4.69, 9.17) is 5.73 Å². The Morgan fingerprint density at radius 1 is 1.47 bits per heavy atom. The average molecular weight is 270 g/mol. The molecule has 96 valence electrons. The van der Waals surface area contributed by atoms with Crippen LogP contribution in [0.1, 0.15) is 31.7 Å². The Labute approximate surface area is 113 Å². The molecule has 0 aliphatic carbocycles. The van der Waals surface area contributed by atoms with Crippen LogP contribution >= 0.6 is 23.1 Å². The second kappa shape index (κ2) is 5.31. The molecule has 1 aromatic rings. The van der Waals surface area contributed by atoms with Gasteiger partial charge in [0.1, 0.15) is 0 Å². The average Bonchev–Trinajstić information content (AvgIpc) is 2.69. The highest BCUT2D eigenvalue weighted by Gasteiger charge is 2.33. The Kier molecular flexibility index (Phi) is 4.18. The SMILES string of the molecule is CC(N)C(c1cccs1)N1CCSC(C)(C)C1. The minimum atomic E-state index is 0.188. The first-order chi connectivity index (χ1) is 7.99. The molecule has 0 aromatic carbocycles. The molecule has 1 saturated heterocycles. The number of thioether (sulfide) groups is 1. The van der Waals surface area contributed by atoms with Crippen LogP contribution in [-0.4, -0.2) is 34.5 Å². The van der Waals surface area contributed by atoms with Gasteiger partial charge in [0.2, 0.25) is 0 Å². The highest BCUT2D eigenvalue weighted by molar-refractivity contribution is 8.00. The van der Waals surface area contributed by atoms with Crippen LogP contribution in [0.15, 0.2) is 17.5 Å². The van der Waals surface area contributed by atoms with E-state index in [1.54, 1.807) is 0 Å². The van der Waals surface area contributed by atoms with Gasteiger partial charge in [-0.2, -0.15) is 11.8 Å². The molecular formula is C13H22N2S2. The molecule has 2 rings (SSSR count). The molecule has 2 atom stereocenters. The summed E-state index contributed by atoms with van der Waals surface area (Å²) in [4.78, 5) is 3.97. The van der Waals surface area contributed by atoms with E-state index in [-0.39, 0.29) is 6.04 Å². The monoisotopic (exact) mass is 270 g/mol. The Bertz CT molecular complexity index is 346. The predicted octanol–water partition coefficient (Wildman–Crippen LogP) is 2.96. The molecule has 1 aliphatic heterocycles. The Hall–Kier alpha value is -0.0300. The van der Waals surface area contributed by atoms with Crippen LogP contribution in [0.2, 0.25) is 0 Å². The molecule has 4 heteroatoms. The van der Waals surface area contributed by atoms with Gasteiger partial charge in [0, 0.05) is 34.5 Å². The maximum atomic E-state index is 6.21. The summed E-state index contributed by atoms with van der Waals surface area (Å²) in [5, 5.41) is 2.15. The highest BCUT2D eigenvalue weighted by Crippen LogP contribution is 2.36. The Morgan fingerprint density at radius 3 is 2.76 bits per heavy atom. The minimum absolute atomic E-state index is 0.188. The predicted molar refractivity (Wildman–Crippen MR) is 78.8 cm³/mol. The van der Waals surface area contributed by atoms with Gasteiger partial charge in [0.15, 0.2) is 0 Å². The fourth-order valence-electron chi connectivity index (χ4n) is 2.52. The zero-order chi connectivity index (χ0) is 12.5. The molecule has 2 nitrogen and oxygen atoms in total. The van der Waals surface area contributed by atoms with Crippen molar-refractivity contribution in [3.8, 4) is 0 Å². The molecule has 1 aromatic heterocycles. The normalized spacial score (nSPS) is 24.5. The molecule has 2 N–H and O–H groups in total. The topological polar surface area (TPSA) is 29.3 Å². The van der Waals surface area contributed by atoms with Gasteiger partial charge in [-0.05, 0) is 32.2 Å². The summed E-state index contributed by atoms with van der Waals surface area (Å²) in [7, 11) is 0. The lowest BCUT2D eigenvalue weighted by atomic mass is 10.0. The molecule has 1 fully saturated rings. The summed E-state index contributed by atoms with van der Waals surface area (Å²) >= 11 is 3.90. The maximum absolute atomic E-state index is 6.21. The molecule has 0 bridgehead atoms. The summed E-state index contributed by atoms with van der Waals surface area (Å²) in [6.45, 7) is 9.06. The zero-order valence-corrected chi connectivity index (χ0v) is 12.5. The van der Waals surface area contributed by atoms with E-state index in [2.05, 4.69) is 54.9 Å². The molecule has 2 heterocycles. The van der Waals surface area contributed by atoms with E-state index in [1.165, 1.54) is 10.6 Å². The zero-order valence-electron chi connectivity index (χ0n) is 10.8. The van der Waals surface area contributed by atoms with E-state index in [9.17, 15) is 0 Å². The standard InChI is InChI=1S/C13H22N2S2/c1-10(14)12(11-5-4-7-16-11)15-6-8-17-13(2,3)9-15/h4-5,7,10,12H,6,8-9,14H2,1-3H3. The molecule has 1 aliphatic rings. The molecule has 0 saturated carbocycles. The summed E-state index contributed by atoms with van der Waals surface area (Å²) < 4.78 is 0.350. The quantitative estimate of drug-likeness (QED) is 0.915. The molecule has 17 heavy (non-hydrogen) atoms. The number of thiophene rings is 1. The summed E-state index contributed by atoms with van der Waals surface area (Å²) in [5.41, 5.74) is 6.21. The highest BCUT2D eigenvalue weighted by atomic mass is 32.2. The third kappa shape index (κ3) is 3.25. The number of hydrogen-bond acceptors (Lipinski definition) is 4. The van der Waals surface area contributed by atoms with E-state index >= 15 is 0 Å². The van der Waals surface area contributed by atoms with Crippen LogP contribution in [0.4, 0.5) is 0 Å². The van der Waals surface area contributed by atoms with Crippen LogP contribution in [0, 0.1) is 0 Å². The Balaban J connectivity index is 2.17. The second-order valence-electron chi connectivity index (χ2n) is 5.40. The van der Waals surface area contributed by atoms with Gasteiger partial charge >= 0.3 is 0 Å². The van der Waals surface area contributed by atoms with Gasteiger partial charge in [-0.25, -0.2) is 0 Å². The second-order valence-corrected chi connectivity index (χ2v) is 8.18. The van der Waals surface area contributed by atoms with Crippen LogP contribution in [-0.2, 0) is 0 Å². The van der Waals surface area contributed by atoms with Crippen LogP contribution in [0.3, 0.4) is 0 Å². The number of rotatable bonds is 3. The van der Waals surface area contributed by atoms with Gasteiger partial charge in [0.05, 0.1) is 6.04 Å². The van der Waals surface area contributed by atoms with Crippen molar-refractivity contribution in [2.75, 3.05) is 18.8 Å². The van der Waals surface area contributed by atoms with Crippen LogP contribution < -0.4 is 5.73 Å². The van der Waals surface area contributed by atoms with Crippen molar-refractivity contribution in [2.24, 2.45) is 5.73 Å². The largest absolute Gasteiger partial charge is 0.326 e. The third-order valence-electron chi connectivity index (χ3n) is 3.18. The van der Waals surface area contributed by atoms with E-state index in [0.29, 0.717) is 10.8 Å². The smallest absolute Gasteiger partial charge is 0.0591 e. The summed E-state index contributed by atoms with van der Waals surface area (Å²) in [5.74, 6) is 1.21. The van der Waals surface area contributed by atoms with Crippen molar-refractivity contribution >= 4 is 23.1 Å². The molecule has 0 radical (unpaired) electrons. The molecule has 2 unspecified atom stereocenters. The first kappa shape index (κ1) is 13.4. The van der Waals surface area contributed by atoms with E-state index < -0.39 is 0 Å². The fourth-order valence-corrected chi connectivity index (χ4v) is 4.63. The molecular weight excluding hydrogens is 248 g/mol. The van der Waals surface area contributed by atoms with Crippen molar-refractivity contribution in [1.29, 1.82) is 0 Å². The number of nitrogens with two attached hydrogens (primary N) is 1. The van der Waals surface area contributed by atoms with Gasteiger partial charge in [-0.3, -0.25) is 4.90 Å². The lowest BCUT2D eigenvalue weighted by molar-refractivity contribution is 0.171. The van der Waals surface area contributed by atoms with Gasteiger partial charge in [0.25, 0.3) is 0 Å². The van der Waals surface area contributed by atoms with E-state index in [1.807, 2.05) is 11.3 Å². The fraction of sp³-hybridized carbons (Fsp3) is 0.692. The lowest BCUT2D eigenvalue weighted by Gasteiger charge is -2.42. The summed E-state index contributed by atoms with van der Waals surface area (Å²) in [6.07, 6.45) is 0. The van der Waals surface area contributed by atoms with Crippen molar-refractivity contribution in [1.82, 2.24) is 4.90 Å². The van der Waals surface area contributed by atoms with E-state index in [0.717, 1.165) is 13.1 Å². The number of nitrogens with zero attached hydrogens (tertiary/aromatic N) is 1. The van der Waals surface area contributed by atoms with Gasteiger partial charge < -0.3 is 5.73 Å². The molecule has 0 spiro atoms. The van der Waals surface area contributed by atoms with Crippen LogP contribution in [0.25, 0.3) is 0 Å². The van der Waals surface area contributed by atoms with Crippen molar-refractivity contribution in [3.05, 3.63) is 22.4 Å². The Morgan fingerprint density at radius 2 is 2.24 bits per heavy atom. The van der Waals surface area contributed by atoms with Crippen molar-refractivity contribution in [2.45, 2.75) is 37.6 Å². The van der Waals surface area contributed by atoms with Crippen molar-refractivity contribution in [3.63, 3.8) is 0 Å². The number of hydrogen-bond donors (Lipinski definition) is 1.